The van der Waals surface area contributed by atoms with E-state index in [-0.39, 0.29) is 11.8 Å². The molecule has 2 aromatic carbocycles. The zero-order chi connectivity index (χ0) is 17.8. The van der Waals surface area contributed by atoms with Crippen molar-refractivity contribution < 1.29 is 9.59 Å². The summed E-state index contributed by atoms with van der Waals surface area (Å²) in [5.41, 5.74) is 4.08. The molecular weight excluding hydrogens is 336 g/mol. The topological polar surface area (TPSA) is 58.2 Å². The van der Waals surface area contributed by atoms with Gasteiger partial charge in [-0.05, 0) is 54.7 Å². The highest BCUT2D eigenvalue weighted by molar-refractivity contribution is 6.31. The van der Waals surface area contributed by atoms with E-state index in [1.165, 1.54) is 0 Å². The Morgan fingerprint density at radius 2 is 1.96 bits per heavy atom. The van der Waals surface area contributed by atoms with Crippen LogP contribution in [0.3, 0.4) is 0 Å². The number of amides is 2. The van der Waals surface area contributed by atoms with E-state index in [0.29, 0.717) is 17.9 Å². The SMILES string of the molecule is Cc1cccc([C@H]2NC(=O)CC[C@]23C(=O)Nc2cc(Cl)ccc23)c1C. The van der Waals surface area contributed by atoms with Crippen LogP contribution in [0.15, 0.2) is 36.4 Å². The second-order valence-corrected chi connectivity index (χ2v) is 7.34. The van der Waals surface area contributed by atoms with Gasteiger partial charge in [-0.15, -0.1) is 0 Å². The number of hydrogen-bond donors (Lipinski definition) is 2. The molecule has 0 aliphatic carbocycles. The maximum Gasteiger partial charge on any atom is 0.237 e. The molecule has 4 nitrogen and oxygen atoms in total. The van der Waals surface area contributed by atoms with Crippen LogP contribution >= 0.6 is 11.6 Å². The van der Waals surface area contributed by atoms with Crippen molar-refractivity contribution in [3.63, 3.8) is 0 Å². The van der Waals surface area contributed by atoms with E-state index in [0.717, 1.165) is 27.9 Å². The number of carbonyl (C=O) groups is 2. The number of piperidine rings is 1. The molecule has 1 saturated heterocycles. The minimum atomic E-state index is -0.799. The van der Waals surface area contributed by atoms with Gasteiger partial charge < -0.3 is 10.6 Å². The molecule has 0 unspecified atom stereocenters. The number of nitrogens with one attached hydrogen (secondary N) is 2. The lowest BCUT2D eigenvalue weighted by Crippen LogP contribution is -2.52. The van der Waals surface area contributed by atoms with Crippen molar-refractivity contribution in [2.45, 2.75) is 38.1 Å². The minimum absolute atomic E-state index is 0.0215. The molecule has 2 aliphatic heterocycles. The number of fused-ring (bicyclic) bond motifs is 2. The van der Waals surface area contributed by atoms with Gasteiger partial charge in [0.05, 0.1) is 6.04 Å². The smallest absolute Gasteiger partial charge is 0.237 e. The molecule has 2 amide bonds. The molecule has 2 aliphatic rings. The van der Waals surface area contributed by atoms with E-state index >= 15 is 0 Å². The van der Waals surface area contributed by atoms with Crippen molar-refractivity contribution in [3.8, 4) is 0 Å². The third-order valence-corrected chi connectivity index (χ3v) is 5.85. The van der Waals surface area contributed by atoms with Gasteiger partial charge >= 0.3 is 0 Å². The fourth-order valence-electron chi connectivity index (χ4n) is 4.14. The number of benzene rings is 2. The Morgan fingerprint density at radius 1 is 1.16 bits per heavy atom. The molecule has 2 atom stereocenters. The fourth-order valence-corrected chi connectivity index (χ4v) is 4.31. The summed E-state index contributed by atoms with van der Waals surface area (Å²) in [6.07, 6.45) is 0.814. The Bertz CT molecular complexity index is 909. The van der Waals surface area contributed by atoms with Crippen molar-refractivity contribution in [1.82, 2.24) is 5.32 Å². The summed E-state index contributed by atoms with van der Waals surface area (Å²) in [6, 6.07) is 11.1. The lowest BCUT2D eigenvalue weighted by atomic mass is 9.67. The molecule has 0 bridgehead atoms. The largest absolute Gasteiger partial charge is 0.348 e. The lowest BCUT2D eigenvalue weighted by molar-refractivity contribution is -0.130. The second-order valence-electron chi connectivity index (χ2n) is 6.91. The summed E-state index contributed by atoms with van der Waals surface area (Å²) in [6.45, 7) is 4.08. The van der Waals surface area contributed by atoms with Crippen molar-refractivity contribution >= 4 is 29.1 Å². The number of halogens is 1. The van der Waals surface area contributed by atoms with Crippen LogP contribution in [0.4, 0.5) is 5.69 Å². The van der Waals surface area contributed by atoms with Gasteiger partial charge in [-0.2, -0.15) is 0 Å². The van der Waals surface area contributed by atoms with Crippen molar-refractivity contribution in [2.75, 3.05) is 5.32 Å². The summed E-state index contributed by atoms with van der Waals surface area (Å²) in [4.78, 5) is 25.3. The van der Waals surface area contributed by atoms with Crippen molar-refractivity contribution in [2.24, 2.45) is 0 Å². The van der Waals surface area contributed by atoms with Crippen LogP contribution in [0.5, 0.6) is 0 Å². The zero-order valence-corrected chi connectivity index (χ0v) is 14.9. The Kier molecular flexibility index (Phi) is 3.62. The quantitative estimate of drug-likeness (QED) is 0.818. The van der Waals surface area contributed by atoms with Crippen LogP contribution in [0.2, 0.25) is 5.02 Å². The Hall–Kier alpha value is -2.33. The molecule has 2 N–H and O–H groups in total. The Labute approximate surface area is 151 Å². The second kappa shape index (κ2) is 5.60. The molecule has 128 valence electrons. The van der Waals surface area contributed by atoms with Crippen LogP contribution in [0.1, 0.15) is 41.1 Å². The highest BCUT2D eigenvalue weighted by Gasteiger charge is 2.55. The van der Waals surface area contributed by atoms with Crippen LogP contribution in [-0.2, 0) is 15.0 Å². The van der Waals surface area contributed by atoms with E-state index in [2.05, 4.69) is 10.6 Å². The molecule has 1 spiro atoms. The van der Waals surface area contributed by atoms with Gasteiger partial charge in [0.1, 0.15) is 5.41 Å². The van der Waals surface area contributed by atoms with E-state index in [1.54, 1.807) is 12.1 Å². The maximum absolute atomic E-state index is 13.1. The van der Waals surface area contributed by atoms with E-state index in [9.17, 15) is 9.59 Å². The molecular formula is C20H19ClN2O2. The minimum Gasteiger partial charge on any atom is -0.348 e. The number of carbonyl (C=O) groups excluding carboxylic acids is 2. The van der Waals surface area contributed by atoms with Crippen LogP contribution in [-0.4, -0.2) is 11.8 Å². The first kappa shape index (κ1) is 16.2. The Morgan fingerprint density at radius 3 is 2.76 bits per heavy atom. The summed E-state index contributed by atoms with van der Waals surface area (Å²) in [5, 5.41) is 6.64. The number of rotatable bonds is 1. The number of anilines is 1. The summed E-state index contributed by atoms with van der Waals surface area (Å²) in [5.74, 6) is -0.0950. The maximum atomic E-state index is 13.1. The lowest BCUT2D eigenvalue weighted by Gasteiger charge is -2.41. The van der Waals surface area contributed by atoms with Crippen LogP contribution in [0.25, 0.3) is 0 Å². The van der Waals surface area contributed by atoms with Crippen molar-refractivity contribution in [1.29, 1.82) is 0 Å². The molecule has 0 aromatic heterocycles. The van der Waals surface area contributed by atoms with Gasteiger partial charge in [-0.1, -0.05) is 35.9 Å². The van der Waals surface area contributed by atoms with Gasteiger partial charge in [-0.3, -0.25) is 9.59 Å². The summed E-state index contributed by atoms with van der Waals surface area (Å²) < 4.78 is 0. The van der Waals surface area contributed by atoms with Crippen molar-refractivity contribution in [3.05, 3.63) is 63.7 Å². The normalized spacial score (nSPS) is 24.8. The van der Waals surface area contributed by atoms with Crippen LogP contribution in [0, 0.1) is 13.8 Å². The first-order valence-corrected chi connectivity index (χ1v) is 8.78. The molecule has 2 heterocycles. The summed E-state index contributed by atoms with van der Waals surface area (Å²) in [7, 11) is 0. The molecule has 5 heteroatoms. The van der Waals surface area contributed by atoms with E-state index in [1.807, 2.05) is 38.1 Å². The van der Waals surface area contributed by atoms with Gasteiger partial charge in [0.25, 0.3) is 0 Å². The standard InChI is InChI=1S/C20H19ClN2O2/c1-11-4-3-5-14(12(11)2)18-20(9-8-17(24)23-18)15-7-6-13(21)10-16(15)22-19(20)25/h3-7,10,18H,8-9H2,1-2H3,(H,22,25)(H,23,24)/t18-,20-/m1/s1. The molecule has 4 rings (SSSR count). The summed E-state index contributed by atoms with van der Waals surface area (Å²) >= 11 is 6.10. The molecule has 0 radical (unpaired) electrons. The van der Waals surface area contributed by atoms with Gasteiger partial charge in [-0.25, -0.2) is 0 Å². The van der Waals surface area contributed by atoms with Crippen LogP contribution < -0.4 is 10.6 Å². The average molecular weight is 355 g/mol. The third kappa shape index (κ3) is 2.28. The number of hydrogen-bond acceptors (Lipinski definition) is 2. The monoisotopic (exact) mass is 354 g/mol. The van der Waals surface area contributed by atoms with Gasteiger partial charge in [0.15, 0.2) is 0 Å². The molecule has 0 saturated carbocycles. The molecule has 1 fully saturated rings. The van der Waals surface area contributed by atoms with E-state index in [4.69, 9.17) is 11.6 Å². The highest BCUT2D eigenvalue weighted by atomic mass is 35.5. The average Bonchev–Trinajstić information content (AvgIpc) is 2.84. The predicted octanol–water partition coefficient (Wildman–Crippen LogP) is 3.80. The zero-order valence-electron chi connectivity index (χ0n) is 14.2. The molecule has 25 heavy (non-hydrogen) atoms. The number of aryl methyl sites for hydroxylation is 1. The van der Waals surface area contributed by atoms with Gasteiger partial charge in [0.2, 0.25) is 11.8 Å². The van der Waals surface area contributed by atoms with Gasteiger partial charge in [0, 0.05) is 17.1 Å². The first-order valence-electron chi connectivity index (χ1n) is 8.40. The molecule has 2 aromatic rings. The highest BCUT2D eigenvalue weighted by Crippen LogP contribution is 2.51. The fraction of sp³-hybridized carbons (Fsp3) is 0.300. The first-order chi connectivity index (χ1) is 11.9. The Balaban J connectivity index is 1.94. The predicted molar refractivity (Wildman–Crippen MR) is 97.8 cm³/mol. The third-order valence-electron chi connectivity index (χ3n) is 5.62. The van der Waals surface area contributed by atoms with E-state index < -0.39 is 11.5 Å².